The van der Waals surface area contributed by atoms with Gasteiger partial charge in [-0.1, -0.05) is 64.3 Å². The molecular formula is C30H48O. The van der Waals surface area contributed by atoms with Crippen molar-refractivity contribution < 1.29 is 4.79 Å². The molecule has 0 N–H and O–H groups in total. The lowest BCUT2D eigenvalue weighted by atomic mass is 10.0. The number of unbranched alkanes of at least 4 members (excludes halogenated alkanes) is 1. The van der Waals surface area contributed by atoms with Gasteiger partial charge in [0.25, 0.3) is 0 Å². The first-order valence-electron chi connectivity index (χ1n) is 12.1. The van der Waals surface area contributed by atoms with Crippen molar-refractivity contribution in [2.24, 2.45) is 0 Å². The molecule has 0 spiro atoms. The van der Waals surface area contributed by atoms with E-state index in [2.05, 4.69) is 71.9 Å². The molecule has 0 aromatic carbocycles. The van der Waals surface area contributed by atoms with Gasteiger partial charge in [-0.15, -0.1) is 0 Å². The van der Waals surface area contributed by atoms with Gasteiger partial charge in [0.05, 0.1) is 0 Å². The van der Waals surface area contributed by atoms with Gasteiger partial charge in [-0.3, -0.25) is 4.79 Å². The summed E-state index contributed by atoms with van der Waals surface area (Å²) in [6.07, 6.45) is 26.1. The van der Waals surface area contributed by atoms with Gasteiger partial charge in [-0.25, -0.2) is 0 Å². The third-order valence-electron chi connectivity index (χ3n) is 5.50. The number of hydrogen-bond acceptors (Lipinski definition) is 1. The number of aldehydes is 1. The molecule has 0 aromatic heterocycles. The summed E-state index contributed by atoms with van der Waals surface area (Å²) in [7, 11) is 0. The Morgan fingerprint density at radius 2 is 0.774 bits per heavy atom. The largest absolute Gasteiger partial charge is 0.298 e. The Morgan fingerprint density at radius 3 is 1.13 bits per heavy atom. The Hall–Kier alpha value is -1.89. The van der Waals surface area contributed by atoms with Gasteiger partial charge in [0.15, 0.2) is 0 Å². The average molecular weight is 425 g/mol. The summed E-state index contributed by atoms with van der Waals surface area (Å²) < 4.78 is 0. The van der Waals surface area contributed by atoms with Crippen LogP contribution in [0.4, 0.5) is 0 Å². The van der Waals surface area contributed by atoms with E-state index in [1.165, 1.54) is 47.1 Å². The van der Waals surface area contributed by atoms with Gasteiger partial charge in [-0.05, 0) is 118 Å². The van der Waals surface area contributed by atoms with Crippen molar-refractivity contribution >= 4 is 6.29 Å². The molecule has 0 radical (unpaired) electrons. The van der Waals surface area contributed by atoms with Crippen LogP contribution in [-0.2, 0) is 4.79 Å². The normalized spacial score (nSPS) is 14.1. The fraction of sp³-hybridized carbons (Fsp3) is 0.567. The molecule has 0 unspecified atom stereocenters. The molecule has 1 nitrogen and oxygen atoms in total. The van der Waals surface area contributed by atoms with Gasteiger partial charge in [0.2, 0.25) is 0 Å². The Morgan fingerprint density at radius 1 is 0.452 bits per heavy atom. The average Bonchev–Trinajstić information content (AvgIpc) is 2.70. The summed E-state index contributed by atoms with van der Waals surface area (Å²) in [4.78, 5) is 10.6. The van der Waals surface area contributed by atoms with Gasteiger partial charge in [0.1, 0.15) is 6.29 Å². The number of allylic oxidation sites excluding steroid dienone is 12. The van der Waals surface area contributed by atoms with E-state index in [0.29, 0.717) is 0 Å². The molecule has 0 rings (SSSR count). The monoisotopic (exact) mass is 424 g/mol. The van der Waals surface area contributed by atoms with E-state index in [0.717, 1.165) is 56.8 Å². The van der Waals surface area contributed by atoms with Crippen LogP contribution < -0.4 is 0 Å². The predicted octanol–water partition coefficient (Wildman–Crippen LogP) is 9.78. The zero-order valence-electron chi connectivity index (χ0n) is 21.5. The second-order valence-corrected chi connectivity index (χ2v) is 9.28. The standard InChI is InChI=1S/C30H48O/c1-25(2)14-10-17-28(5)20-11-18-26(3)15-8-9-16-27(4)19-12-21-29(6)22-13-23-30(7)24-31/h14-16,20-21,23-24H,8-13,17-19,22H2,1-7H3/b26-15+,27-16+,28-20+,29-21+,30-23?. The van der Waals surface area contributed by atoms with Crippen molar-refractivity contribution in [1.29, 1.82) is 0 Å². The lowest BCUT2D eigenvalue weighted by Crippen LogP contribution is -1.82. The molecule has 174 valence electrons. The molecule has 31 heavy (non-hydrogen) atoms. The van der Waals surface area contributed by atoms with Crippen LogP contribution in [0.3, 0.4) is 0 Å². The fourth-order valence-corrected chi connectivity index (χ4v) is 3.32. The summed E-state index contributed by atoms with van der Waals surface area (Å²) in [6, 6.07) is 0. The second-order valence-electron chi connectivity index (χ2n) is 9.28. The molecule has 0 saturated carbocycles. The molecule has 0 amide bonds. The smallest absolute Gasteiger partial charge is 0.145 e. The van der Waals surface area contributed by atoms with Crippen molar-refractivity contribution in [2.75, 3.05) is 0 Å². The summed E-state index contributed by atoms with van der Waals surface area (Å²) in [6.45, 7) is 15.2. The number of carbonyl (C=O) groups excluding carboxylic acids is 1. The molecule has 0 bridgehead atoms. The zero-order chi connectivity index (χ0) is 23.5. The minimum absolute atomic E-state index is 0.831. The van der Waals surface area contributed by atoms with E-state index in [-0.39, 0.29) is 0 Å². The summed E-state index contributed by atoms with van der Waals surface area (Å²) >= 11 is 0. The highest BCUT2D eigenvalue weighted by Crippen LogP contribution is 2.14. The minimum Gasteiger partial charge on any atom is -0.298 e. The lowest BCUT2D eigenvalue weighted by Gasteiger charge is -2.02. The predicted molar refractivity (Wildman–Crippen MR) is 140 cm³/mol. The molecule has 0 aliphatic rings. The first-order chi connectivity index (χ1) is 14.7. The van der Waals surface area contributed by atoms with Crippen LogP contribution >= 0.6 is 0 Å². The minimum atomic E-state index is 0.831. The highest BCUT2D eigenvalue weighted by atomic mass is 16.1. The Balaban J connectivity index is 4.08. The van der Waals surface area contributed by atoms with Gasteiger partial charge in [0, 0.05) is 0 Å². The summed E-state index contributed by atoms with van der Waals surface area (Å²) in [5.41, 5.74) is 8.18. The van der Waals surface area contributed by atoms with Crippen LogP contribution in [0.5, 0.6) is 0 Å². The highest BCUT2D eigenvalue weighted by Gasteiger charge is 1.94. The summed E-state index contributed by atoms with van der Waals surface area (Å²) in [5, 5.41) is 0. The van der Waals surface area contributed by atoms with E-state index in [1.54, 1.807) is 0 Å². The van der Waals surface area contributed by atoms with Crippen molar-refractivity contribution in [3.05, 3.63) is 69.9 Å². The van der Waals surface area contributed by atoms with E-state index < -0.39 is 0 Å². The highest BCUT2D eigenvalue weighted by molar-refractivity contribution is 5.71. The van der Waals surface area contributed by atoms with Crippen LogP contribution in [0.15, 0.2) is 69.9 Å². The number of hydrogen-bond donors (Lipinski definition) is 0. The van der Waals surface area contributed by atoms with Crippen LogP contribution in [0.2, 0.25) is 0 Å². The van der Waals surface area contributed by atoms with Gasteiger partial charge >= 0.3 is 0 Å². The molecule has 1 heteroatoms. The third kappa shape index (κ3) is 19.8. The Kier molecular flexibility index (Phi) is 17.7. The van der Waals surface area contributed by atoms with E-state index in [1.807, 2.05) is 13.0 Å². The number of carbonyl (C=O) groups is 1. The van der Waals surface area contributed by atoms with Gasteiger partial charge < -0.3 is 0 Å². The van der Waals surface area contributed by atoms with Gasteiger partial charge in [-0.2, -0.15) is 0 Å². The molecule has 0 fully saturated rings. The zero-order valence-corrected chi connectivity index (χ0v) is 21.5. The topological polar surface area (TPSA) is 17.1 Å². The Labute approximate surface area is 193 Å². The van der Waals surface area contributed by atoms with Crippen LogP contribution in [0, 0.1) is 0 Å². The third-order valence-corrected chi connectivity index (χ3v) is 5.50. The molecule has 0 saturated heterocycles. The second kappa shape index (κ2) is 18.8. The quantitative estimate of drug-likeness (QED) is 0.104. The van der Waals surface area contributed by atoms with Crippen molar-refractivity contribution in [2.45, 2.75) is 113 Å². The summed E-state index contributed by atoms with van der Waals surface area (Å²) in [5.74, 6) is 0. The molecular weight excluding hydrogens is 376 g/mol. The maximum absolute atomic E-state index is 10.6. The number of rotatable bonds is 16. The maximum atomic E-state index is 10.6. The molecule has 0 atom stereocenters. The van der Waals surface area contributed by atoms with Crippen LogP contribution in [0.1, 0.15) is 113 Å². The molecule has 0 aliphatic carbocycles. The van der Waals surface area contributed by atoms with Crippen molar-refractivity contribution in [3.8, 4) is 0 Å². The van der Waals surface area contributed by atoms with Crippen LogP contribution in [-0.4, -0.2) is 6.29 Å². The Bertz CT molecular complexity index is 688. The fourth-order valence-electron chi connectivity index (χ4n) is 3.32. The SMILES string of the molecule is CC(C)=CCC/C(C)=C/CC/C(C)=C/CC/C=C(\C)CC/C=C(\C)CCC=C(C)C=O. The van der Waals surface area contributed by atoms with Crippen LogP contribution in [0.25, 0.3) is 0 Å². The first kappa shape index (κ1) is 29.1. The lowest BCUT2D eigenvalue weighted by molar-refractivity contribution is -0.104. The van der Waals surface area contributed by atoms with Crippen molar-refractivity contribution in [3.63, 3.8) is 0 Å². The van der Waals surface area contributed by atoms with E-state index >= 15 is 0 Å². The molecule has 0 aromatic rings. The van der Waals surface area contributed by atoms with Crippen molar-refractivity contribution in [1.82, 2.24) is 0 Å². The first-order valence-corrected chi connectivity index (χ1v) is 12.1. The maximum Gasteiger partial charge on any atom is 0.145 e. The van der Waals surface area contributed by atoms with E-state index in [9.17, 15) is 4.79 Å². The molecule has 0 heterocycles. The van der Waals surface area contributed by atoms with E-state index in [4.69, 9.17) is 0 Å². The molecule has 0 aliphatic heterocycles.